The van der Waals surface area contributed by atoms with Gasteiger partial charge in [-0.2, -0.15) is 0 Å². The molecular weight excluding hydrogens is 494 g/mol. The van der Waals surface area contributed by atoms with Crippen LogP contribution in [0.25, 0.3) is 0 Å². The fourth-order valence-electron chi connectivity index (χ4n) is 5.47. The van der Waals surface area contributed by atoms with Gasteiger partial charge in [-0.25, -0.2) is 0 Å². The summed E-state index contributed by atoms with van der Waals surface area (Å²) in [7, 11) is 0. The minimum Gasteiger partial charge on any atom is -0.394 e. The Balaban J connectivity index is 3.57. The van der Waals surface area contributed by atoms with Crippen molar-refractivity contribution in [3.8, 4) is 0 Å². The molecule has 0 aliphatic rings. The normalized spacial score (nSPS) is 13.2. The second kappa shape index (κ2) is 32.6. The lowest BCUT2D eigenvalue weighted by Crippen LogP contribution is -2.45. The lowest BCUT2D eigenvalue weighted by molar-refractivity contribution is -0.123. The van der Waals surface area contributed by atoms with Gasteiger partial charge < -0.3 is 15.5 Å². The molecule has 0 saturated heterocycles. The molecule has 4 heteroatoms. The van der Waals surface area contributed by atoms with Crippen LogP contribution in [0.5, 0.6) is 0 Å². The molecule has 0 heterocycles. The summed E-state index contributed by atoms with van der Waals surface area (Å²) in [5, 5.41) is 23.0. The first-order valence-electron chi connectivity index (χ1n) is 17.9. The van der Waals surface area contributed by atoms with Gasteiger partial charge in [-0.05, 0) is 38.5 Å². The van der Waals surface area contributed by atoms with Crippen LogP contribution < -0.4 is 5.32 Å². The molecule has 2 atom stereocenters. The summed E-state index contributed by atoms with van der Waals surface area (Å²) >= 11 is 0. The van der Waals surface area contributed by atoms with E-state index in [9.17, 15) is 15.0 Å². The molecule has 1 amide bonds. The predicted molar refractivity (Wildman–Crippen MR) is 175 cm³/mol. The Morgan fingerprint density at radius 3 is 1.40 bits per heavy atom. The summed E-state index contributed by atoms with van der Waals surface area (Å²) in [6, 6.07) is -0.534. The second-order valence-corrected chi connectivity index (χ2v) is 12.3. The molecule has 0 aromatic carbocycles. The average Bonchev–Trinajstić information content (AvgIpc) is 2.96. The standard InChI is InChI=1S/C36H71NO3/c1-3-5-7-9-11-13-15-17-18-20-21-23-25-27-29-31-35(39)34(33-38)37-36(40)32-30-28-26-24-22-19-16-14-12-10-8-6-4-2/h14,16,34-35,38-39H,3-13,15,17-33H2,1-2H3,(H,37,40)/b16-14+/t34-,35+/m0/s1. The van der Waals surface area contributed by atoms with Crippen LogP contribution in [-0.2, 0) is 4.79 Å². The van der Waals surface area contributed by atoms with Gasteiger partial charge in [0, 0.05) is 6.42 Å². The molecule has 0 saturated carbocycles. The topological polar surface area (TPSA) is 69.6 Å². The highest BCUT2D eigenvalue weighted by Crippen LogP contribution is 2.15. The summed E-state index contributed by atoms with van der Waals surface area (Å²) in [4.78, 5) is 12.3. The van der Waals surface area contributed by atoms with Crippen molar-refractivity contribution in [1.29, 1.82) is 0 Å². The van der Waals surface area contributed by atoms with Gasteiger partial charge in [-0.15, -0.1) is 0 Å². The predicted octanol–water partition coefficient (Wildman–Crippen LogP) is 10.3. The van der Waals surface area contributed by atoms with Crippen molar-refractivity contribution < 1.29 is 15.0 Å². The SMILES string of the molecule is CCCCCC/C=C/CCCCCCCC(=O)N[C@@H](CO)[C@H](O)CCCCCCCCCCCCCCCCC. The number of amides is 1. The Labute approximate surface area is 250 Å². The van der Waals surface area contributed by atoms with Crippen LogP contribution >= 0.6 is 0 Å². The molecule has 0 aliphatic carbocycles. The Kier molecular flexibility index (Phi) is 31.9. The average molecular weight is 566 g/mol. The van der Waals surface area contributed by atoms with Crippen molar-refractivity contribution in [3.63, 3.8) is 0 Å². The zero-order chi connectivity index (χ0) is 29.4. The van der Waals surface area contributed by atoms with Crippen LogP contribution in [0.3, 0.4) is 0 Å². The molecule has 0 unspecified atom stereocenters. The van der Waals surface area contributed by atoms with Gasteiger partial charge in [-0.1, -0.05) is 161 Å². The number of carbonyl (C=O) groups is 1. The molecule has 0 aromatic heterocycles. The summed E-state index contributed by atoms with van der Waals surface area (Å²) < 4.78 is 0. The number of hydrogen-bond acceptors (Lipinski definition) is 3. The van der Waals surface area contributed by atoms with E-state index in [1.54, 1.807) is 0 Å². The van der Waals surface area contributed by atoms with Crippen LogP contribution in [0.2, 0.25) is 0 Å². The van der Waals surface area contributed by atoms with Gasteiger partial charge in [0.15, 0.2) is 0 Å². The fraction of sp³-hybridized carbons (Fsp3) is 0.917. The molecule has 0 fully saturated rings. The van der Waals surface area contributed by atoms with E-state index in [1.807, 2.05) is 0 Å². The van der Waals surface area contributed by atoms with E-state index in [0.717, 1.165) is 25.7 Å². The first-order chi connectivity index (χ1) is 19.7. The van der Waals surface area contributed by atoms with Crippen molar-refractivity contribution in [3.05, 3.63) is 12.2 Å². The molecule has 4 nitrogen and oxygen atoms in total. The molecule has 0 radical (unpaired) electrons. The first-order valence-corrected chi connectivity index (χ1v) is 17.9. The zero-order valence-corrected chi connectivity index (χ0v) is 27.1. The third-order valence-corrected chi connectivity index (χ3v) is 8.28. The van der Waals surface area contributed by atoms with Gasteiger partial charge in [-0.3, -0.25) is 4.79 Å². The van der Waals surface area contributed by atoms with Crippen molar-refractivity contribution >= 4 is 5.91 Å². The van der Waals surface area contributed by atoms with E-state index in [4.69, 9.17) is 0 Å². The minimum atomic E-state index is -0.657. The van der Waals surface area contributed by atoms with Gasteiger partial charge in [0.2, 0.25) is 5.91 Å². The van der Waals surface area contributed by atoms with E-state index in [0.29, 0.717) is 12.8 Å². The fourth-order valence-corrected chi connectivity index (χ4v) is 5.47. The second-order valence-electron chi connectivity index (χ2n) is 12.3. The number of aliphatic hydroxyl groups is 2. The third kappa shape index (κ3) is 28.7. The maximum atomic E-state index is 12.3. The molecular formula is C36H71NO3. The van der Waals surface area contributed by atoms with Crippen LogP contribution in [0.15, 0.2) is 12.2 Å². The smallest absolute Gasteiger partial charge is 0.220 e. The monoisotopic (exact) mass is 566 g/mol. The van der Waals surface area contributed by atoms with Crippen LogP contribution in [0.1, 0.15) is 194 Å². The van der Waals surface area contributed by atoms with Gasteiger partial charge in [0.25, 0.3) is 0 Å². The lowest BCUT2D eigenvalue weighted by Gasteiger charge is -2.22. The number of nitrogens with one attached hydrogen (secondary N) is 1. The highest BCUT2D eigenvalue weighted by molar-refractivity contribution is 5.76. The Hall–Kier alpha value is -0.870. The largest absolute Gasteiger partial charge is 0.394 e. The molecule has 0 spiro atoms. The summed E-state index contributed by atoms with van der Waals surface area (Å²) in [5.41, 5.74) is 0. The molecule has 0 bridgehead atoms. The molecule has 0 aliphatic heterocycles. The van der Waals surface area contributed by atoms with Crippen LogP contribution in [0, 0.1) is 0 Å². The third-order valence-electron chi connectivity index (χ3n) is 8.28. The van der Waals surface area contributed by atoms with Crippen molar-refractivity contribution in [2.45, 2.75) is 206 Å². The Morgan fingerprint density at radius 1 is 0.575 bits per heavy atom. The summed E-state index contributed by atoms with van der Waals surface area (Å²) in [6.07, 6.45) is 38.3. The van der Waals surface area contributed by atoms with Crippen molar-refractivity contribution in [2.75, 3.05) is 6.61 Å². The van der Waals surface area contributed by atoms with Crippen LogP contribution in [-0.4, -0.2) is 34.9 Å². The summed E-state index contributed by atoms with van der Waals surface area (Å²) in [6.45, 7) is 4.33. The molecule has 40 heavy (non-hydrogen) atoms. The highest BCUT2D eigenvalue weighted by Gasteiger charge is 2.19. The lowest BCUT2D eigenvalue weighted by atomic mass is 10.0. The van der Waals surface area contributed by atoms with E-state index in [-0.39, 0.29) is 12.5 Å². The minimum absolute atomic E-state index is 0.0411. The van der Waals surface area contributed by atoms with Gasteiger partial charge in [0.05, 0.1) is 18.8 Å². The maximum Gasteiger partial charge on any atom is 0.220 e. The number of aliphatic hydroxyl groups excluding tert-OH is 2. The Bertz CT molecular complexity index is 536. The van der Waals surface area contributed by atoms with Gasteiger partial charge >= 0.3 is 0 Å². The van der Waals surface area contributed by atoms with E-state index >= 15 is 0 Å². The number of unbranched alkanes of at least 4 members (excludes halogenated alkanes) is 23. The Morgan fingerprint density at radius 2 is 0.950 bits per heavy atom. The number of hydrogen-bond donors (Lipinski definition) is 3. The number of allylic oxidation sites excluding steroid dienone is 2. The molecule has 238 valence electrons. The molecule has 3 N–H and O–H groups in total. The van der Waals surface area contributed by atoms with Crippen molar-refractivity contribution in [1.82, 2.24) is 5.32 Å². The highest BCUT2D eigenvalue weighted by atomic mass is 16.3. The number of carbonyl (C=O) groups excluding carboxylic acids is 1. The van der Waals surface area contributed by atoms with E-state index < -0.39 is 12.1 Å². The quantitative estimate of drug-likeness (QED) is 0.0561. The first kappa shape index (κ1) is 39.1. The number of rotatable bonds is 32. The molecule has 0 aromatic rings. The molecule has 0 rings (SSSR count). The van der Waals surface area contributed by atoms with Gasteiger partial charge in [0.1, 0.15) is 0 Å². The zero-order valence-electron chi connectivity index (χ0n) is 27.1. The maximum absolute atomic E-state index is 12.3. The summed E-state index contributed by atoms with van der Waals surface area (Å²) in [5.74, 6) is -0.0411. The van der Waals surface area contributed by atoms with Crippen LogP contribution in [0.4, 0.5) is 0 Å². The van der Waals surface area contributed by atoms with Crippen molar-refractivity contribution in [2.24, 2.45) is 0 Å². The van der Waals surface area contributed by atoms with E-state index in [1.165, 1.54) is 141 Å². The van der Waals surface area contributed by atoms with E-state index in [2.05, 4.69) is 31.3 Å².